The van der Waals surface area contributed by atoms with Crippen LogP contribution in [-0.2, 0) is 9.53 Å². The minimum atomic E-state index is -0.275. The highest BCUT2D eigenvalue weighted by atomic mass is 35.5. The van der Waals surface area contributed by atoms with Crippen molar-refractivity contribution in [3.8, 4) is 11.8 Å². The van der Waals surface area contributed by atoms with Crippen LogP contribution in [0.5, 0.6) is 0 Å². The molecule has 0 aromatic heterocycles. The van der Waals surface area contributed by atoms with Crippen molar-refractivity contribution in [3.05, 3.63) is 28.8 Å². The van der Waals surface area contributed by atoms with Crippen molar-refractivity contribution in [2.75, 3.05) is 18.5 Å². The molecule has 0 saturated heterocycles. The summed E-state index contributed by atoms with van der Waals surface area (Å²) < 4.78 is 5.21. The Morgan fingerprint density at radius 1 is 1.53 bits per heavy atom. The molecule has 4 nitrogen and oxygen atoms in total. The molecule has 0 atom stereocenters. The first-order valence-electron chi connectivity index (χ1n) is 5.83. The molecule has 0 saturated carbocycles. The van der Waals surface area contributed by atoms with Crippen LogP contribution in [-0.4, -0.2) is 30.3 Å². The van der Waals surface area contributed by atoms with E-state index < -0.39 is 0 Å². The standard InChI is InChI=1S/C14H16ClNO3/c1-10(2)19-9-14(18)16-13-8-12(15)6-5-11(13)4-3-7-17/h5-6,8,10,17H,7,9H2,1-2H3,(H,16,18). The van der Waals surface area contributed by atoms with Crippen molar-refractivity contribution in [3.63, 3.8) is 0 Å². The van der Waals surface area contributed by atoms with E-state index in [2.05, 4.69) is 17.2 Å². The van der Waals surface area contributed by atoms with E-state index in [1.54, 1.807) is 18.2 Å². The zero-order chi connectivity index (χ0) is 14.3. The number of carbonyl (C=O) groups is 1. The van der Waals surface area contributed by atoms with Crippen LogP contribution in [0.4, 0.5) is 5.69 Å². The summed E-state index contributed by atoms with van der Waals surface area (Å²) in [5, 5.41) is 11.9. The summed E-state index contributed by atoms with van der Waals surface area (Å²) in [7, 11) is 0. The Kier molecular flexibility index (Phi) is 6.37. The number of nitrogens with one attached hydrogen (secondary N) is 1. The second-order valence-electron chi connectivity index (χ2n) is 4.06. The van der Waals surface area contributed by atoms with Gasteiger partial charge < -0.3 is 15.2 Å². The largest absolute Gasteiger partial charge is 0.384 e. The number of anilines is 1. The van der Waals surface area contributed by atoms with Gasteiger partial charge in [0.1, 0.15) is 13.2 Å². The third-order valence-corrected chi connectivity index (χ3v) is 2.34. The van der Waals surface area contributed by atoms with Crippen molar-refractivity contribution >= 4 is 23.2 Å². The van der Waals surface area contributed by atoms with Gasteiger partial charge in [0.25, 0.3) is 0 Å². The summed E-state index contributed by atoms with van der Waals surface area (Å²) in [5.74, 6) is 5.00. The zero-order valence-corrected chi connectivity index (χ0v) is 11.6. The predicted molar refractivity (Wildman–Crippen MR) is 75.1 cm³/mol. The maximum Gasteiger partial charge on any atom is 0.250 e. The number of hydrogen-bond acceptors (Lipinski definition) is 3. The molecule has 0 unspecified atom stereocenters. The summed E-state index contributed by atoms with van der Waals surface area (Å²) in [5.41, 5.74) is 1.10. The van der Waals surface area contributed by atoms with Crippen LogP contribution < -0.4 is 5.32 Å². The van der Waals surface area contributed by atoms with E-state index in [0.29, 0.717) is 16.3 Å². The first-order chi connectivity index (χ1) is 9.02. The van der Waals surface area contributed by atoms with Crippen molar-refractivity contribution in [2.24, 2.45) is 0 Å². The molecule has 1 aromatic rings. The van der Waals surface area contributed by atoms with Crippen LogP contribution in [0, 0.1) is 11.8 Å². The maximum atomic E-state index is 11.7. The van der Waals surface area contributed by atoms with Gasteiger partial charge in [-0.25, -0.2) is 0 Å². The molecule has 1 aromatic carbocycles. The van der Waals surface area contributed by atoms with Crippen molar-refractivity contribution < 1.29 is 14.6 Å². The number of aliphatic hydroxyl groups is 1. The number of rotatable bonds is 4. The lowest BCUT2D eigenvalue weighted by Gasteiger charge is -2.10. The second-order valence-corrected chi connectivity index (χ2v) is 4.49. The molecule has 0 radical (unpaired) electrons. The van der Waals surface area contributed by atoms with Crippen molar-refractivity contribution in [1.29, 1.82) is 0 Å². The predicted octanol–water partition coefficient (Wildman–Crippen LogP) is 2.05. The van der Waals surface area contributed by atoms with Gasteiger partial charge in [0.05, 0.1) is 11.8 Å². The fourth-order valence-corrected chi connectivity index (χ4v) is 1.46. The fraction of sp³-hybridized carbons (Fsp3) is 0.357. The maximum absolute atomic E-state index is 11.7. The van der Waals surface area contributed by atoms with Crippen molar-refractivity contribution in [1.82, 2.24) is 0 Å². The van der Waals surface area contributed by atoms with E-state index in [4.69, 9.17) is 21.4 Å². The Morgan fingerprint density at radius 3 is 2.89 bits per heavy atom. The molecular formula is C14H16ClNO3. The summed E-state index contributed by atoms with van der Waals surface area (Å²) >= 11 is 5.88. The lowest BCUT2D eigenvalue weighted by atomic mass is 10.2. The first-order valence-corrected chi connectivity index (χ1v) is 6.21. The van der Waals surface area contributed by atoms with Gasteiger partial charge in [-0.2, -0.15) is 0 Å². The second kappa shape index (κ2) is 7.80. The minimum Gasteiger partial charge on any atom is -0.384 e. The van der Waals surface area contributed by atoms with E-state index in [9.17, 15) is 4.79 Å². The summed E-state index contributed by atoms with van der Waals surface area (Å²) in [4.78, 5) is 11.7. The van der Waals surface area contributed by atoms with Gasteiger partial charge in [-0.1, -0.05) is 23.4 Å². The molecule has 1 rings (SSSR count). The van der Waals surface area contributed by atoms with E-state index in [1.165, 1.54) is 0 Å². The Bertz CT molecular complexity index is 503. The van der Waals surface area contributed by atoms with Gasteiger partial charge in [-0.05, 0) is 32.0 Å². The molecule has 0 spiro atoms. The van der Waals surface area contributed by atoms with Gasteiger partial charge >= 0.3 is 0 Å². The number of halogens is 1. The topological polar surface area (TPSA) is 58.6 Å². The summed E-state index contributed by atoms with van der Waals surface area (Å²) in [6.45, 7) is 3.43. The molecule has 19 heavy (non-hydrogen) atoms. The molecule has 0 aliphatic heterocycles. The minimum absolute atomic E-state index is 0.0150. The van der Waals surface area contributed by atoms with Gasteiger partial charge in [0.2, 0.25) is 5.91 Å². The van der Waals surface area contributed by atoms with Crippen LogP contribution >= 0.6 is 11.6 Å². The highest BCUT2D eigenvalue weighted by molar-refractivity contribution is 6.31. The Labute approximate surface area is 117 Å². The van der Waals surface area contributed by atoms with E-state index in [0.717, 1.165) is 0 Å². The molecule has 2 N–H and O–H groups in total. The highest BCUT2D eigenvalue weighted by Crippen LogP contribution is 2.20. The smallest absolute Gasteiger partial charge is 0.250 e. The molecule has 102 valence electrons. The van der Waals surface area contributed by atoms with Crippen LogP contribution in [0.15, 0.2) is 18.2 Å². The fourth-order valence-electron chi connectivity index (χ4n) is 1.29. The molecule has 0 fully saturated rings. The quantitative estimate of drug-likeness (QED) is 0.831. The molecular weight excluding hydrogens is 266 g/mol. The number of amides is 1. The van der Waals surface area contributed by atoms with Crippen LogP contribution in [0.1, 0.15) is 19.4 Å². The third kappa shape index (κ3) is 5.75. The SMILES string of the molecule is CC(C)OCC(=O)Nc1cc(Cl)ccc1C#CCO. The van der Waals surface area contributed by atoms with E-state index in [1.807, 2.05) is 13.8 Å². The van der Waals surface area contributed by atoms with Gasteiger partial charge in [0, 0.05) is 10.6 Å². The number of ether oxygens (including phenoxy) is 1. The number of carbonyl (C=O) groups excluding carboxylic acids is 1. The Hall–Kier alpha value is -1.54. The highest BCUT2D eigenvalue weighted by Gasteiger charge is 2.07. The Balaban J connectivity index is 2.80. The van der Waals surface area contributed by atoms with Gasteiger partial charge in [-0.15, -0.1) is 0 Å². The first kappa shape index (κ1) is 15.5. The third-order valence-electron chi connectivity index (χ3n) is 2.11. The lowest BCUT2D eigenvalue weighted by Crippen LogP contribution is -2.21. The number of hydrogen-bond donors (Lipinski definition) is 2. The summed E-state index contributed by atoms with van der Waals surface area (Å²) in [6.07, 6.45) is -0.0150. The average Bonchev–Trinajstić information content (AvgIpc) is 2.35. The summed E-state index contributed by atoms with van der Waals surface area (Å²) in [6, 6.07) is 4.96. The van der Waals surface area contributed by atoms with Crippen LogP contribution in [0.3, 0.4) is 0 Å². The van der Waals surface area contributed by atoms with Crippen LogP contribution in [0.2, 0.25) is 5.02 Å². The normalized spacial score (nSPS) is 9.95. The zero-order valence-electron chi connectivity index (χ0n) is 10.9. The molecule has 1 amide bonds. The number of benzene rings is 1. The van der Waals surface area contributed by atoms with Gasteiger partial charge in [-0.3, -0.25) is 4.79 Å². The molecule has 0 aliphatic rings. The number of aliphatic hydroxyl groups excluding tert-OH is 1. The molecule has 5 heteroatoms. The monoisotopic (exact) mass is 281 g/mol. The van der Waals surface area contributed by atoms with Gasteiger partial charge in [0.15, 0.2) is 0 Å². The Morgan fingerprint density at radius 2 is 2.26 bits per heavy atom. The lowest BCUT2D eigenvalue weighted by molar-refractivity contribution is -0.121. The van der Waals surface area contributed by atoms with Crippen LogP contribution in [0.25, 0.3) is 0 Å². The van der Waals surface area contributed by atoms with E-state index in [-0.39, 0.29) is 25.2 Å². The van der Waals surface area contributed by atoms with E-state index >= 15 is 0 Å². The average molecular weight is 282 g/mol. The molecule has 0 aliphatic carbocycles. The molecule has 0 heterocycles. The molecule has 0 bridgehead atoms. The van der Waals surface area contributed by atoms with Crippen molar-refractivity contribution in [2.45, 2.75) is 20.0 Å².